The molecule has 6 rings (SSSR count). The SMILES string of the molecule is C[C@@H](NC(=O)c1ccc2c(c1)/C(=C(/NCCc1ccc(NC(=O)Nc3cccc(Cl)c3)cc1)c1ccccc1)C(=O)N2)c1ccccc1. The molecule has 5 N–H and O–H groups in total. The molecule has 1 aliphatic rings. The molecule has 1 heterocycles. The Balaban J connectivity index is 1.16. The number of carbonyl (C=O) groups excluding carboxylic acids is 3. The molecule has 0 aromatic heterocycles. The molecule has 48 heavy (non-hydrogen) atoms. The molecule has 5 aromatic rings. The Morgan fingerprint density at radius 3 is 2.19 bits per heavy atom. The minimum Gasteiger partial charge on any atom is -0.384 e. The maximum atomic E-state index is 13.4. The highest BCUT2D eigenvalue weighted by Crippen LogP contribution is 2.37. The van der Waals surface area contributed by atoms with Crippen LogP contribution in [0, 0.1) is 0 Å². The van der Waals surface area contributed by atoms with Crippen molar-refractivity contribution in [1.82, 2.24) is 10.6 Å². The highest BCUT2D eigenvalue weighted by atomic mass is 35.5. The summed E-state index contributed by atoms with van der Waals surface area (Å²) in [5.74, 6) is -0.458. The van der Waals surface area contributed by atoms with E-state index >= 15 is 0 Å². The van der Waals surface area contributed by atoms with Gasteiger partial charge in [-0.15, -0.1) is 0 Å². The first-order chi connectivity index (χ1) is 23.3. The summed E-state index contributed by atoms with van der Waals surface area (Å²) in [6.07, 6.45) is 0.660. The fourth-order valence-electron chi connectivity index (χ4n) is 5.55. The summed E-state index contributed by atoms with van der Waals surface area (Å²) in [5.41, 5.74) is 7.09. The van der Waals surface area contributed by atoms with Crippen LogP contribution in [0.3, 0.4) is 0 Å². The largest absolute Gasteiger partial charge is 0.384 e. The monoisotopic (exact) mass is 655 g/mol. The zero-order chi connectivity index (χ0) is 33.5. The number of fused-ring (bicyclic) bond motifs is 1. The van der Waals surface area contributed by atoms with Gasteiger partial charge in [-0.05, 0) is 78.6 Å². The van der Waals surface area contributed by atoms with Gasteiger partial charge in [-0.2, -0.15) is 0 Å². The third-order valence-corrected chi connectivity index (χ3v) is 8.23. The van der Waals surface area contributed by atoms with Gasteiger partial charge in [0.25, 0.3) is 11.8 Å². The van der Waals surface area contributed by atoms with Crippen molar-refractivity contribution in [3.8, 4) is 0 Å². The highest BCUT2D eigenvalue weighted by molar-refractivity contribution is 6.37. The molecule has 1 aliphatic heterocycles. The zero-order valence-electron chi connectivity index (χ0n) is 26.2. The van der Waals surface area contributed by atoms with E-state index in [4.69, 9.17) is 11.6 Å². The minimum atomic E-state index is -0.368. The molecule has 0 unspecified atom stereocenters. The van der Waals surface area contributed by atoms with Gasteiger partial charge < -0.3 is 26.6 Å². The molecule has 0 bridgehead atoms. The lowest BCUT2D eigenvalue weighted by Crippen LogP contribution is -2.26. The van der Waals surface area contributed by atoms with E-state index in [1.54, 1.807) is 42.5 Å². The first-order valence-corrected chi connectivity index (χ1v) is 16.0. The predicted molar refractivity (Wildman–Crippen MR) is 193 cm³/mol. The lowest BCUT2D eigenvalue weighted by atomic mass is 9.98. The number of hydrogen-bond acceptors (Lipinski definition) is 4. The van der Waals surface area contributed by atoms with Gasteiger partial charge in [-0.25, -0.2) is 4.79 Å². The summed E-state index contributed by atoms with van der Waals surface area (Å²) < 4.78 is 0. The van der Waals surface area contributed by atoms with Gasteiger partial charge in [-0.1, -0.05) is 90.5 Å². The van der Waals surface area contributed by atoms with Crippen molar-refractivity contribution in [1.29, 1.82) is 0 Å². The maximum absolute atomic E-state index is 13.4. The first-order valence-electron chi connectivity index (χ1n) is 15.6. The van der Waals surface area contributed by atoms with E-state index in [1.807, 2.05) is 91.9 Å². The molecular weight excluding hydrogens is 622 g/mol. The Labute approximate surface area is 284 Å². The van der Waals surface area contributed by atoms with E-state index in [1.165, 1.54) is 0 Å². The first kappa shape index (κ1) is 32.1. The van der Waals surface area contributed by atoms with E-state index < -0.39 is 0 Å². The van der Waals surface area contributed by atoms with Gasteiger partial charge in [0.15, 0.2) is 0 Å². The summed E-state index contributed by atoms with van der Waals surface area (Å²) in [5, 5.41) is 15.7. The number of carbonyl (C=O) groups is 3. The number of benzene rings is 5. The molecule has 0 aliphatic carbocycles. The fraction of sp³-hybridized carbons (Fsp3) is 0.103. The molecule has 9 heteroatoms. The molecule has 0 saturated heterocycles. The molecule has 4 amide bonds. The van der Waals surface area contributed by atoms with E-state index in [9.17, 15) is 14.4 Å². The molecular formula is C39H34ClN5O3. The topological polar surface area (TPSA) is 111 Å². The molecule has 0 saturated carbocycles. The van der Waals surface area contributed by atoms with Gasteiger partial charge in [0, 0.05) is 39.8 Å². The van der Waals surface area contributed by atoms with Crippen molar-refractivity contribution in [3.63, 3.8) is 0 Å². The quantitative estimate of drug-likeness (QED) is 0.0979. The number of nitrogens with one attached hydrogen (secondary N) is 5. The Bertz CT molecular complexity index is 1980. The average Bonchev–Trinajstić information content (AvgIpc) is 3.42. The second-order valence-electron chi connectivity index (χ2n) is 11.4. The van der Waals surface area contributed by atoms with Crippen LogP contribution < -0.4 is 26.6 Å². The maximum Gasteiger partial charge on any atom is 0.323 e. The third kappa shape index (κ3) is 7.74. The summed E-state index contributed by atoms with van der Waals surface area (Å²) in [7, 11) is 0. The zero-order valence-corrected chi connectivity index (χ0v) is 27.0. The van der Waals surface area contributed by atoms with Crippen LogP contribution in [0.15, 0.2) is 127 Å². The van der Waals surface area contributed by atoms with Crippen LogP contribution in [0.25, 0.3) is 11.3 Å². The minimum absolute atomic E-state index is 0.181. The lowest BCUT2D eigenvalue weighted by Gasteiger charge is -2.16. The number of hydrogen-bond donors (Lipinski definition) is 5. The van der Waals surface area contributed by atoms with Crippen LogP contribution in [-0.4, -0.2) is 24.4 Å². The van der Waals surface area contributed by atoms with Crippen LogP contribution in [0.1, 0.15) is 45.6 Å². The van der Waals surface area contributed by atoms with Crippen LogP contribution in [0.5, 0.6) is 0 Å². The Hall–Kier alpha value is -5.86. The fourth-order valence-corrected chi connectivity index (χ4v) is 5.74. The number of halogens is 1. The van der Waals surface area contributed by atoms with Gasteiger partial charge in [0.1, 0.15) is 0 Å². The van der Waals surface area contributed by atoms with Crippen molar-refractivity contribution in [3.05, 3.63) is 160 Å². The van der Waals surface area contributed by atoms with Crippen molar-refractivity contribution in [2.45, 2.75) is 19.4 Å². The van der Waals surface area contributed by atoms with Gasteiger partial charge >= 0.3 is 6.03 Å². The van der Waals surface area contributed by atoms with Gasteiger partial charge in [0.2, 0.25) is 0 Å². The van der Waals surface area contributed by atoms with Crippen molar-refractivity contribution in [2.24, 2.45) is 0 Å². The normalized spacial score (nSPS) is 13.5. The molecule has 8 nitrogen and oxygen atoms in total. The Morgan fingerprint density at radius 2 is 1.46 bits per heavy atom. The standard InChI is InChI=1S/C39H34ClN5O3/c1-25(27-9-4-2-5-10-27)42-37(46)29-17-20-34-33(23-29)35(38(47)45-34)36(28-11-6-3-7-12-28)41-22-21-26-15-18-31(19-16-26)43-39(48)44-32-14-8-13-30(40)24-32/h2-20,23-25,41H,21-22H2,1H3,(H,42,46)(H,45,47)(H2,43,44,48)/b36-35-/t25-/m1/s1. The molecule has 240 valence electrons. The molecule has 0 spiro atoms. The summed E-state index contributed by atoms with van der Waals surface area (Å²) in [6.45, 7) is 2.48. The summed E-state index contributed by atoms with van der Waals surface area (Å²) in [6, 6.07) is 38.7. The Morgan fingerprint density at radius 1 is 0.750 bits per heavy atom. The lowest BCUT2D eigenvalue weighted by molar-refractivity contribution is -0.110. The number of rotatable bonds is 10. The molecule has 0 fully saturated rings. The average molecular weight is 656 g/mol. The van der Waals surface area contributed by atoms with E-state index in [-0.39, 0.29) is 23.9 Å². The van der Waals surface area contributed by atoms with E-state index in [2.05, 4.69) is 26.6 Å². The number of urea groups is 1. The van der Waals surface area contributed by atoms with Gasteiger partial charge in [-0.3, -0.25) is 9.59 Å². The van der Waals surface area contributed by atoms with Crippen molar-refractivity contribution in [2.75, 3.05) is 22.5 Å². The van der Waals surface area contributed by atoms with E-state index in [0.717, 1.165) is 16.7 Å². The van der Waals surface area contributed by atoms with Gasteiger partial charge in [0.05, 0.1) is 17.3 Å². The van der Waals surface area contributed by atoms with Crippen LogP contribution in [0.2, 0.25) is 5.02 Å². The van der Waals surface area contributed by atoms with Crippen LogP contribution in [-0.2, 0) is 11.2 Å². The summed E-state index contributed by atoms with van der Waals surface area (Å²) in [4.78, 5) is 39.1. The van der Waals surface area contributed by atoms with Crippen LogP contribution >= 0.6 is 11.6 Å². The Kier molecular flexibility index (Phi) is 9.83. The van der Waals surface area contributed by atoms with Crippen molar-refractivity contribution >= 4 is 57.8 Å². The van der Waals surface area contributed by atoms with Crippen molar-refractivity contribution < 1.29 is 14.4 Å². The van der Waals surface area contributed by atoms with Crippen LogP contribution in [0.4, 0.5) is 21.9 Å². The molecule has 0 radical (unpaired) electrons. The third-order valence-electron chi connectivity index (χ3n) is 8.00. The second-order valence-corrected chi connectivity index (χ2v) is 11.8. The smallest absolute Gasteiger partial charge is 0.323 e. The van der Waals surface area contributed by atoms with E-state index in [0.29, 0.717) is 57.4 Å². The second kappa shape index (κ2) is 14.7. The predicted octanol–water partition coefficient (Wildman–Crippen LogP) is 8.13. The number of amides is 4. The molecule has 1 atom stereocenters. The molecule has 5 aromatic carbocycles. The highest BCUT2D eigenvalue weighted by Gasteiger charge is 2.29. The number of anilines is 3. The summed E-state index contributed by atoms with van der Waals surface area (Å²) >= 11 is 6.00.